The number of amides is 1. The van der Waals surface area contributed by atoms with E-state index in [9.17, 15) is 22.7 Å². The molecule has 2 heterocycles. The third-order valence-electron chi connectivity index (χ3n) is 5.57. The van der Waals surface area contributed by atoms with Crippen molar-refractivity contribution in [3.8, 4) is 5.75 Å². The molecule has 0 aromatic heterocycles. The summed E-state index contributed by atoms with van der Waals surface area (Å²) in [4.78, 5) is 13.4. The van der Waals surface area contributed by atoms with Crippen LogP contribution < -0.4 is 4.74 Å². The summed E-state index contributed by atoms with van der Waals surface area (Å²) >= 11 is 0. The molecule has 2 aliphatic heterocycles. The first-order valence-electron chi connectivity index (χ1n) is 9.43. The highest BCUT2D eigenvalue weighted by atomic mass is 32.2. The summed E-state index contributed by atoms with van der Waals surface area (Å²) in [5, 5.41) is 10.9. The summed E-state index contributed by atoms with van der Waals surface area (Å²) in [6.07, 6.45) is 0.00216. The Morgan fingerprint density at radius 2 is 1.93 bits per heavy atom. The van der Waals surface area contributed by atoms with Gasteiger partial charge in [0.25, 0.3) is 0 Å². The van der Waals surface area contributed by atoms with Gasteiger partial charge in [0.1, 0.15) is 28.2 Å². The van der Waals surface area contributed by atoms with Gasteiger partial charge in [0.05, 0.1) is 10.9 Å². The third-order valence-corrected chi connectivity index (χ3v) is 7.35. The fourth-order valence-corrected chi connectivity index (χ4v) is 5.37. The first kappa shape index (κ1) is 19.8. The quantitative estimate of drug-likeness (QED) is 0.827. The summed E-state index contributed by atoms with van der Waals surface area (Å²) < 4.78 is 46.1. The van der Waals surface area contributed by atoms with Crippen molar-refractivity contribution < 1.29 is 27.4 Å². The Hall–Kier alpha value is -2.45. The monoisotopic (exact) mass is 419 g/mol. The number of benzene rings is 2. The lowest BCUT2D eigenvalue weighted by molar-refractivity contribution is -0.139. The average Bonchev–Trinajstić information content (AvgIpc) is 3.08. The SMILES string of the molecule is CC1(C)Oc2ccc(S(=O)(=O)c3ccccc3F)cc2[C@H](N2CCCC2=O)[C@H]1O. The molecular formula is C21H22FNO5S. The van der Waals surface area contributed by atoms with Crippen molar-refractivity contribution in [1.82, 2.24) is 4.90 Å². The van der Waals surface area contributed by atoms with Crippen LogP contribution in [0.1, 0.15) is 38.3 Å². The van der Waals surface area contributed by atoms with Crippen molar-refractivity contribution in [2.24, 2.45) is 0 Å². The van der Waals surface area contributed by atoms with E-state index in [0.717, 1.165) is 6.07 Å². The second-order valence-corrected chi connectivity index (χ2v) is 9.84. The van der Waals surface area contributed by atoms with Crippen LogP contribution in [-0.4, -0.2) is 42.6 Å². The molecule has 4 rings (SSSR count). The lowest BCUT2D eigenvalue weighted by Crippen LogP contribution is -2.53. The Balaban J connectivity index is 1.86. The number of carbonyl (C=O) groups excluding carboxylic acids is 1. The van der Waals surface area contributed by atoms with E-state index in [1.807, 2.05) is 0 Å². The maximum Gasteiger partial charge on any atom is 0.223 e. The molecular weight excluding hydrogens is 397 g/mol. The molecule has 8 heteroatoms. The van der Waals surface area contributed by atoms with Crippen molar-refractivity contribution in [2.45, 2.75) is 54.2 Å². The smallest absolute Gasteiger partial charge is 0.223 e. The molecule has 1 amide bonds. The standard InChI is InChI=1S/C21H22FNO5S/c1-21(2)20(25)19(23-11-5-8-18(23)24)14-12-13(9-10-16(14)28-21)29(26,27)17-7-4-3-6-15(17)22/h3-4,6-7,9-10,12,19-20,25H,5,8,11H2,1-2H3/t19-,20+/m0/s1. The second-order valence-electron chi connectivity index (χ2n) is 7.92. The van der Waals surface area contributed by atoms with Crippen molar-refractivity contribution in [3.63, 3.8) is 0 Å². The maximum absolute atomic E-state index is 14.2. The van der Waals surface area contributed by atoms with E-state index in [1.165, 1.54) is 36.4 Å². The van der Waals surface area contributed by atoms with Crippen molar-refractivity contribution in [1.29, 1.82) is 0 Å². The summed E-state index contributed by atoms with van der Waals surface area (Å²) in [5.41, 5.74) is -0.559. The second kappa shape index (κ2) is 6.81. The lowest BCUT2D eigenvalue weighted by atomic mass is 9.85. The highest BCUT2D eigenvalue weighted by molar-refractivity contribution is 7.91. The molecule has 2 atom stereocenters. The highest BCUT2D eigenvalue weighted by Gasteiger charge is 2.47. The number of sulfone groups is 1. The zero-order chi connectivity index (χ0) is 21.0. The van der Waals surface area contributed by atoms with Gasteiger partial charge in [-0.3, -0.25) is 4.79 Å². The normalized spacial score (nSPS) is 23.6. The van der Waals surface area contributed by atoms with Gasteiger partial charge in [0.15, 0.2) is 0 Å². The molecule has 2 aromatic carbocycles. The van der Waals surface area contributed by atoms with Crippen molar-refractivity contribution in [2.75, 3.05) is 6.54 Å². The number of aliphatic hydroxyl groups is 1. The van der Waals surface area contributed by atoms with Gasteiger partial charge in [-0.25, -0.2) is 12.8 Å². The summed E-state index contributed by atoms with van der Waals surface area (Å²) in [5.74, 6) is -0.536. The molecule has 1 N–H and O–H groups in total. The van der Waals surface area contributed by atoms with E-state index in [4.69, 9.17) is 4.74 Å². The van der Waals surface area contributed by atoms with Crippen LogP contribution >= 0.6 is 0 Å². The molecule has 2 aromatic rings. The van der Waals surface area contributed by atoms with Crippen LogP contribution in [0.3, 0.4) is 0 Å². The first-order valence-corrected chi connectivity index (χ1v) is 10.9. The highest BCUT2D eigenvalue weighted by Crippen LogP contribution is 2.45. The minimum absolute atomic E-state index is 0.0972. The van der Waals surface area contributed by atoms with Gasteiger partial charge >= 0.3 is 0 Å². The summed E-state index contributed by atoms with van der Waals surface area (Å²) in [7, 11) is -4.13. The minimum Gasteiger partial charge on any atom is -0.485 e. The van der Waals surface area contributed by atoms with Crippen LogP contribution in [-0.2, 0) is 14.6 Å². The number of ether oxygens (including phenoxy) is 1. The van der Waals surface area contributed by atoms with Crippen LogP contribution in [0.4, 0.5) is 4.39 Å². The summed E-state index contributed by atoms with van der Waals surface area (Å²) in [6.45, 7) is 3.91. The first-order chi connectivity index (χ1) is 13.6. The number of carbonyl (C=O) groups is 1. The summed E-state index contributed by atoms with van der Waals surface area (Å²) in [6, 6.07) is 8.68. The molecule has 1 saturated heterocycles. The van der Waals surface area contributed by atoms with Crippen LogP contribution in [0, 0.1) is 5.82 Å². The Morgan fingerprint density at radius 3 is 2.59 bits per heavy atom. The van der Waals surface area contributed by atoms with Gasteiger partial charge < -0.3 is 14.7 Å². The van der Waals surface area contributed by atoms with Crippen molar-refractivity contribution >= 4 is 15.7 Å². The molecule has 0 aliphatic carbocycles. The van der Waals surface area contributed by atoms with E-state index < -0.39 is 38.3 Å². The number of aliphatic hydroxyl groups excluding tert-OH is 1. The van der Waals surface area contributed by atoms with Gasteiger partial charge in [-0.1, -0.05) is 12.1 Å². The van der Waals surface area contributed by atoms with Crippen LogP contribution in [0.5, 0.6) is 5.75 Å². The average molecular weight is 419 g/mol. The van der Waals surface area contributed by atoms with E-state index in [2.05, 4.69) is 0 Å². The molecule has 2 aliphatic rings. The Labute approximate surface area is 168 Å². The molecule has 0 saturated carbocycles. The predicted molar refractivity (Wildman–Crippen MR) is 103 cm³/mol. The topological polar surface area (TPSA) is 83.9 Å². The Bertz CT molecular complexity index is 1080. The molecule has 6 nitrogen and oxygen atoms in total. The lowest BCUT2D eigenvalue weighted by Gasteiger charge is -2.45. The largest absolute Gasteiger partial charge is 0.485 e. The minimum atomic E-state index is -4.13. The van der Waals surface area contributed by atoms with Gasteiger partial charge in [-0.15, -0.1) is 0 Å². The van der Waals surface area contributed by atoms with Crippen LogP contribution in [0.2, 0.25) is 0 Å². The van der Waals surface area contributed by atoms with Gasteiger partial charge in [-0.05, 0) is 50.6 Å². The molecule has 1 fully saturated rings. The number of hydrogen-bond acceptors (Lipinski definition) is 5. The van der Waals surface area contributed by atoms with Crippen LogP contribution in [0.15, 0.2) is 52.3 Å². The van der Waals surface area contributed by atoms with Crippen LogP contribution in [0.25, 0.3) is 0 Å². The van der Waals surface area contributed by atoms with E-state index in [0.29, 0.717) is 30.7 Å². The Kier molecular flexibility index (Phi) is 4.66. The molecule has 0 spiro atoms. The number of rotatable bonds is 3. The molecule has 154 valence electrons. The van der Waals surface area contributed by atoms with Gasteiger partial charge in [0, 0.05) is 18.5 Å². The molecule has 29 heavy (non-hydrogen) atoms. The third kappa shape index (κ3) is 3.20. The van der Waals surface area contributed by atoms with E-state index in [1.54, 1.807) is 18.7 Å². The fourth-order valence-electron chi connectivity index (χ4n) is 4.00. The van der Waals surface area contributed by atoms with Gasteiger partial charge in [-0.2, -0.15) is 0 Å². The maximum atomic E-state index is 14.2. The van der Waals surface area contributed by atoms with E-state index in [-0.39, 0.29) is 10.8 Å². The predicted octanol–water partition coefficient (Wildman–Crippen LogP) is 2.85. The van der Waals surface area contributed by atoms with E-state index >= 15 is 0 Å². The number of hydrogen-bond donors (Lipinski definition) is 1. The number of fused-ring (bicyclic) bond motifs is 1. The number of halogens is 1. The molecule has 0 radical (unpaired) electrons. The van der Waals surface area contributed by atoms with Crippen molar-refractivity contribution in [3.05, 3.63) is 53.8 Å². The molecule has 0 unspecified atom stereocenters. The zero-order valence-corrected chi connectivity index (χ0v) is 16.9. The fraction of sp³-hybridized carbons (Fsp3) is 0.381. The number of nitrogens with zero attached hydrogens (tertiary/aromatic N) is 1. The zero-order valence-electron chi connectivity index (χ0n) is 16.1. The van der Waals surface area contributed by atoms with Gasteiger partial charge in [0.2, 0.25) is 15.7 Å². The Morgan fingerprint density at radius 1 is 1.21 bits per heavy atom. The number of likely N-dealkylation sites (tertiary alicyclic amines) is 1. The molecule has 0 bridgehead atoms.